The standard InChI is InChI=1S/C22H30N2O2/c1-3-5-6-15-7-9-17(10-8-15)22(26)23-18-11-12-19-16(4-2)13-21(25)24-20(19)14-18/h11-15,17H,3-10H2,1-2H3,(H,23,26)(H,24,25). The number of unbranched alkanes of at least 4 members (excludes halogenated alkanes) is 1. The second kappa shape index (κ2) is 8.52. The molecule has 1 aromatic heterocycles. The van der Waals surface area contributed by atoms with Gasteiger partial charge in [-0.15, -0.1) is 0 Å². The number of benzene rings is 1. The average Bonchev–Trinajstić information content (AvgIpc) is 2.65. The lowest BCUT2D eigenvalue weighted by molar-refractivity contribution is -0.121. The van der Waals surface area contributed by atoms with Crippen LogP contribution in [-0.4, -0.2) is 10.9 Å². The van der Waals surface area contributed by atoms with E-state index in [1.54, 1.807) is 6.07 Å². The van der Waals surface area contributed by atoms with Crippen molar-refractivity contribution >= 4 is 22.5 Å². The highest BCUT2D eigenvalue weighted by Crippen LogP contribution is 2.32. The summed E-state index contributed by atoms with van der Waals surface area (Å²) in [6.45, 7) is 4.28. The van der Waals surface area contributed by atoms with E-state index in [0.29, 0.717) is 0 Å². The Balaban J connectivity index is 1.65. The van der Waals surface area contributed by atoms with Crippen molar-refractivity contribution in [2.45, 2.75) is 65.2 Å². The van der Waals surface area contributed by atoms with E-state index in [-0.39, 0.29) is 17.4 Å². The monoisotopic (exact) mass is 354 g/mol. The predicted molar refractivity (Wildman–Crippen MR) is 108 cm³/mol. The zero-order valence-corrected chi connectivity index (χ0v) is 15.9. The quantitative estimate of drug-likeness (QED) is 0.764. The van der Waals surface area contributed by atoms with Gasteiger partial charge in [0.05, 0.1) is 5.52 Å². The van der Waals surface area contributed by atoms with Crippen LogP contribution in [0, 0.1) is 11.8 Å². The number of H-pyrrole nitrogens is 1. The summed E-state index contributed by atoms with van der Waals surface area (Å²) in [5.41, 5.74) is 2.49. The second-order valence-corrected chi connectivity index (χ2v) is 7.62. The van der Waals surface area contributed by atoms with E-state index in [2.05, 4.69) is 17.2 Å². The van der Waals surface area contributed by atoms with Gasteiger partial charge in [0.25, 0.3) is 0 Å². The fourth-order valence-electron chi connectivity index (χ4n) is 4.15. The number of carbonyl (C=O) groups excluding carboxylic acids is 1. The van der Waals surface area contributed by atoms with Gasteiger partial charge < -0.3 is 10.3 Å². The minimum Gasteiger partial charge on any atom is -0.326 e. The Morgan fingerprint density at radius 1 is 1.15 bits per heavy atom. The topological polar surface area (TPSA) is 62.0 Å². The number of anilines is 1. The first-order chi connectivity index (χ1) is 12.6. The van der Waals surface area contributed by atoms with Crippen molar-refractivity contribution in [3.8, 4) is 0 Å². The molecule has 26 heavy (non-hydrogen) atoms. The van der Waals surface area contributed by atoms with Gasteiger partial charge >= 0.3 is 0 Å². The van der Waals surface area contributed by atoms with Crippen LogP contribution >= 0.6 is 0 Å². The number of rotatable bonds is 6. The summed E-state index contributed by atoms with van der Waals surface area (Å²) >= 11 is 0. The summed E-state index contributed by atoms with van der Waals surface area (Å²) in [6.07, 6.45) is 9.00. The molecule has 0 atom stereocenters. The molecule has 1 aliphatic carbocycles. The Kier molecular flexibility index (Phi) is 6.12. The van der Waals surface area contributed by atoms with Gasteiger partial charge in [0.15, 0.2) is 0 Å². The molecular weight excluding hydrogens is 324 g/mol. The zero-order valence-electron chi connectivity index (χ0n) is 15.9. The Labute approximate surface area is 155 Å². The van der Waals surface area contributed by atoms with Gasteiger partial charge in [-0.05, 0) is 55.7 Å². The van der Waals surface area contributed by atoms with Crippen molar-refractivity contribution < 1.29 is 4.79 Å². The van der Waals surface area contributed by atoms with Gasteiger partial charge in [0.1, 0.15) is 0 Å². The molecule has 0 bridgehead atoms. The maximum absolute atomic E-state index is 12.6. The molecule has 0 spiro atoms. The van der Waals surface area contributed by atoms with Crippen molar-refractivity contribution in [3.63, 3.8) is 0 Å². The molecule has 1 heterocycles. The van der Waals surface area contributed by atoms with E-state index in [1.807, 2.05) is 25.1 Å². The molecule has 2 N–H and O–H groups in total. The molecule has 1 fully saturated rings. The van der Waals surface area contributed by atoms with Crippen LogP contribution in [0.25, 0.3) is 10.9 Å². The average molecular weight is 354 g/mol. The summed E-state index contributed by atoms with van der Waals surface area (Å²) in [5, 5.41) is 4.10. The highest BCUT2D eigenvalue weighted by molar-refractivity contribution is 5.95. The van der Waals surface area contributed by atoms with Crippen molar-refractivity contribution in [1.82, 2.24) is 4.98 Å². The molecule has 4 heteroatoms. The van der Waals surface area contributed by atoms with Crippen LogP contribution in [0.15, 0.2) is 29.1 Å². The third-order valence-electron chi connectivity index (χ3n) is 5.76. The Morgan fingerprint density at radius 2 is 1.92 bits per heavy atom. The smallest absolute Gasteiger partial charge is 0.248 e. The van der Waals surface area contributed by atoms with E-state index < -0.39 is 0 Å². The Hall–Kier alpha value is -2.10. The fraction of sp³-hybridized carbons (Fsp3) is 0.545. The molecule has 3 rings (SSSR count). The molecule has 0 radical (unpaired) electrons. The molecule has 0 unspecified atom stereocenters. The first-order valence-corrected chi connectivity index (χ1v) is 10.1. The number of aryl methyl sites for hydroxylation is 1. The van der Waals surface area contributed by atoms with Crippen molar-refractivity contribution in [3.05, 3.63) is 40.2 Å². The van der Waals surface area contributed by atoms with Crippen molar-refractivity contribution in [1.29, 1.82) is 0 Å². The van der Waals surface area contributed by atoms with Crippen LogP contribution in [0.4, 0.5) is 5.69 Å². The molecule has 4 nitrogen and oxygen atoms in total. The normalized spacial score (nSPS) is 20.2. The number of nitrogens with one attached hydrogen (secondary N) is 2. The number of hydrogen-bond donors (Lipinski definition) is 2. The second-order valence-electron chi connectivity index (χ2n) is 7.62. The van der Waals surface area contributed by atoms with Crippen molar-refractivity contribution in [2.24, 2.45) is 11.8 Å². The van der Waals surface area contributed by atoms with Crippen LogP contribution in [0.5, 0.6) is 0 Å². The zero-order chi connectivity index (χ0) is 18.5. The number of fused-ring (bicyclic) bond motifs is 1. The summed E-state index contributed by atoms with van der Waals surface area (Å²) in [6, 6.07) is 7.45. The van der Waals surface area contributed by atoms with Gasteiger partial charge in [0, 0.05) is 23.1 Å². The number of pyridine rings is 1. The molecule has 1 amide bonds. The molecule has 1 aliphatic rings. The maximum atomic E-state index is 12.6. The van der Waals surface area contributed by atoms with E-state index in [9.17, 15) is 9.59 Å². The molecular formula is C22H30N2O2. The summed E-state index contributed by atoms with van der Waals surface area (Å²) in [7, 11) is 0. The Bertz CT molecular complexity index is 816. The highest BCUT2D eigenvalue weighted by atomic mass is 16.2. The van der Waals surface area contributed by atoms with E-state index in [0.717, 1.165) is 47.3 Å². The third-order valence-corrected chi connectivity index (χ3v) is 5.76. The van der Waals surface area contributed by atoms with Crippen LogP contribution in [0.3, 0.4) is 0 Å². The van der Waals surface area contributed by atoms with Gasteiger partial charge in [-0.25, -0.2) is 0 Å². The van der Waals surface area contributed by atoms with E-state index in [4.69, 9.17) is 0 Å². The molecule has 0 saturated heterocycles. The third kappa shape index (κ3) is 4.35. The van der Waals surface area contributed by atoms with Gasteiger partial charge in [-0.1, -0.05) is 39.2 Å². The lowest BCUT2D eigenvalue weighted by atomic mass is 9.79. The van der Waals surface area contributed by atoms with Crippen LogP contribution in [-0.2, 0) is 11.2 Å². The number of amides is 1. The molecule has 0 aliphatic heterocycles. The van der Waals surface area contributed by atoms with E-state index >= 15 is 0 Å². The lowest BCUT2D eigenvalue weighted by Crippen LogP contribution is -2.27. The lowest BCUT2D eigenvalue weighted by Gasteiger charge is -2.27. The van der Waals surface area contributed by atoms with Crippen LogP contribution in [0.2, 0.25) is 0 Å². The number of aromatic nitrogens is 1. The number of carbonyl (C=O) groups is 1. The van der Waals surface area contributed by atoms with Gasteiger partial charge in [0.2, 0.25) is 11.5 Å². The van der Waals surface area contributed by atoms with Crippen molar-refractivity contribution in [2.75, 3.05) is 5.32 Å². The van der Waals surface area contributed by atoms with Gasteiger partial charge in [-0.2, -0.15) is 0 Å². The van der Waals surface area contributed by atoms with Crippen LogP contribution < -0.4 is 10.9 Å². The summed E-state index contributed by atoms with van der Waals surface area (Å²) < 4.78 is 0. The molecule has 2 aromatic rings. The molecule has 140 valence electrons. The number of hydrogen-bond acceptors (Lipinski definition) is 2. The SMILES string of the molecule is CCCCC1CCC(C(=O)Nc2ccc3c(CC)cc(=O)[nH]c3c2)CC1. The number of aromatic amines is 1. The first kappa shape index (κ1) is 18.7. The molecule has 1 aromatic carbocycles. The Morgan fingerprint density at radius 3 is 2.62 bits per heavy atom. The summed E-state index contributed by atoms with van der Waals surface area (Å²) in [5.74, 6) is 1.04. The maximum Gasteiger partial charge on any atom is 0.248 e. The highest BCUT2D eigenvalue weighted by Gasteiger charge is 2.26. The fourth-order valence-corrected chi connectivity index (χ4v) is 4.15. The van der Waals surface area contributed by atoms with Crippen LogP contribution in [0.1, 0.15) is 64.4 Å². The van der Waals surface area contributed by atoms with E-state index in [1.165, 1.54) is 32.1 Å². The predicted octanol–water partition coefficient (Wildman–Crippen LogP) is 5.03. The van der Waals surface area contributed by atoms with Gasteiger partial charge in [-0.3, -0.25) is 9.59 Å². The largest absolute Gasteiger partial charge is 0.326 e. The minimum atomic E-state index is -0.0942. The molecule has 1 saturated carbocycles. The summed E-state index contributed by atoms with van der Waals surface area (Å²) in [4.78, 5) is 27.3. The first-order valence-electron chi connectivity index (χ1n) is 10.1. The minimum absolute atomic E-state index is 0.0942.